The minimum absolute atomic E-state index is 0.709. The van der Waals surface area contributed by atoms with Crippen molar-refractivity contribution in [2.45, 2.75) is 0 Å². The topological polar surface area (TPSA) is 25.8 Å². The molecule has 0 spiro atoms. The number of benzene rings is 8. The Balaban J connectivity index is 1.20. The zero-order valence-corrected chi connectivity index (χ0v) is 26.2. The van der Waals surface area contributed by atoms with Crippen molar-refractivity contribution in [3.8, 4) is 56.2 Å². The highest BCUT2D eigenvalue weighted by molar-refractivity contribution is 6.04. The lowest BCUT2D eigenvalue weighted by Gasteiger charge is -2.13. The molecule has 0 aliphatic heterocycles. The highest BCUT2D eigenvalue weighted by atomic mass is 14.9. The maximum atomic E-state index is 5.26. The van der Waals surface area contributed by atoms with Gasteiger partial charge in [-0.25, -0.2) is 9.97 Å². The summed E-state index contributed by atoms with van der Waals surface area (Å²) in [5, 5.41) is 7.21. The molecule has 0 bridgehead atoms. The molecule has 2 heteroatoms. The molecule has 8 aromatic carbocycles. The number of hydrogen-bond acceptors (Lipinski definition) is 2. The molecule has 48 heavy (non-hydrogen) atoms. The van der Waals surface area contributed by atoms with Crippen LogP contribution in [-0.2, 0) is 0 Å². The second kappa shape index (κ2) is 11.8. The van der Waals surface area contributed by atoms with E-state index in [9.17, 15) is 0 Å². The summed E-state index contributed by atoms with van der Waals surface area (Å²) >= 11 is 0. The predicted molar refractivity (Wildman–Crippen MR) is 202 cm³/mol. The Morgan fingerprint density at radius 2 is 0.792 bits per heavy atom. The van der Waals surface area contributed by atoms with Crippen molar-refractivity contribution in [2.75, 3.05) is 0 Å². The summed E-state index contributed by atoms with van der Waals surface area (Å²) in [6.07, 6.45) is 0. The normalized spacial score (nSPS) is 11.3. The third-order valence-corrected chi connectivity index (χ3v) is 9.26. The SMILES string of the molecule is c1ccc(-c2cc(-c3cccc4c(-c5ccccc5)cccc34)nc(-c3ccc4ccc(-c5ccc6ccccc6c5)cc4c3)n2)cc1. The van der Waals surface area contributed by atoms with Gasteiger partial charge in [0.05, 0.1) is 11.4 Å². The van der Waals surface area contributed by atoms with Crippen molar-refractivity contribution < 1.29 is 0 Å². The molecule has 9 rings (SSSR count). The lowest BCUT2D eigenvalue weighted by atomic mass is 9.94. The Kier molecular flexibility index (Phi) is 6.84. The van der Waals surface area contributed by atoms with Crippen molar-refractivity contribution in [3.05, 3.63) is 182 Å². The Hall–Kier alpha value is -6.38. The van der Waals surface area contributed by atoms with Crippen molar-refractivity contribution in [1.82, 2.24) is 9.97 Å². The highest BCUT2D eigenvalue weighted by Crippen LogP contribution is 2.37. The summed E-state index contributed by atoms with van der Waals surface area (Å²) in [5.41, 5.74) is 9.75. The van der Waals surface area contributed by atoms with E-state index in [2.05, 4.69) is 176 Å². The third-order valence-electron chi connectivity index (χ3n) is 9.26. The zero-order valence-electron chi connectivity index (χ0n) is 26.2. The van der Waals surface area contributed by atoms with Crippen LogP contribution >= 0.6 is 0 Å². The van der Waals surface area contributed by atoms with E-state index < -0.39 is 0 Å². The molecule has 0 aliphatic rings. The summed E-state index contributed by atoms with van der Waals surface area (Å²) in [6.45, 7) is 0. The van der Waals surface area contributed by atoms with Gasteiger partial charge in [-0.15, -0.1) is 0 Å². The fourth-order valence-electron chi connectivity index (χ4n) is 6.81. The highest BCUT2D eigenvalue weighted by Gasteiger charge is 2.15. The van der Waals surface area contributed by atoms with E-state index >= 15 is 0 Å². The number of hydrogen-bond donors (Lipinski definition) is 0. The first-order chi connectivity index (χ1) is 23.8. The first-order valence-corrected chi connectivity index (χ1v) is 16.3. The minimum atomic E-state index is 0.709. The average Bonchev–Trinajstić information content (AvgIpc) is 3.17. The summed E-state index contributed by atoms with van der Waals surface area (Å²) < 4.78 is 0. The second-order valence-electron chi connectivity index (χ2n) is 12.2. The van der Waals surface area contributed by atoms with E-state index in [1.807, 2.05) is 6.07 Å². The van der Waals surface area contributed by atoms with Gasteiger partial charge in [0.1, 0.15) is 0 Å². The molecular formula is C46H30N2. The zero-order chi connectivity index (χ0) is 31.9. The van der Waals surface area contributed by atoms with Crippen LogP contribution in [0.1, 0.15) is 0 Å². The minimum Gasteiger partial charge on any atom is -0.228 e. The van der Waals surface area contributed by atoms with Gasteiger partial charge in [0.25, 0.3) is 0 Å². The Morgan fingerprint density at radius 1 is 0.271 bits per heavy atom. The molecule has 0 amide bonds. The van der Waals surface area contributed by atoms with Crippen LogP contribution in [0.2, 0.25) is 0 Å². The first kappa shape index (κ1) is 27.9. The van der Waals surface area contributed by atoms with Gasteiger partial charge in [0, 0.05) is 16.7 Å². The second-order valence-corrected chi connectivity index (χ2v) is 12.2. The number of nitrogens with zero attached hydrogens (tertiary/aromatic N) is 2. The molecule has 0 atom stereocenters. The van der Waals surface area contributed by atoms with Gasteiger partial charge in [-0.1, -0.05) is 158 Å². The van der Waals surface area contributed by atoms with Crippen molar-refractivity contribution in [2.24, 2.45) is 0 Å². The van der Waals surface area contributed by atoms with Crippen molar-refractivity contribution >= 4 is 32.3 Å². The monoisotopic (exact) mass is 610 g/mol. The lowest BCUT2D eigenvalue weighted by Crippen LogP contribution is -1.96. The van der Waals surface area contributed by atoms with Gasteiger partial charge in [0.2, 0.25) is 0 Å². The van der Waals surface area contributed by atoms with Crippen LogP contribution in [-0.4, -0.2) is 9.97 Å². The Morgan fingerprint density at radius 3 is 1.52 bits per heavy atom. The molecule has 0 unspecified atom stereocenters. The van der Waals surface area contributed by atoms with E-state index in [1.165, 1.54) is 49.2 Å². The number of fused-ring (bicyclic) bond motifs is 3. The molecule has 2 nitrogen and oxygen atoms in total. The molecule has 0 saturated heterocycles. The fourth-order valence-corrected chi connectivity index (χ4v) is 6.81. The van der Waals surface area contributed by atoms with Gasteiger partial charge < -0.3 is 0 Å². The smallest absolute Gasteiger partial charge is 0.160 e. The summed E-state index contributed by atoms with van der Waals surface area (Å²) in [4.78, 5) is 10.4. The molecule has 0 saturated carbocycles. The van der Waals surface area contributed by atoms with E-state index in [1.54, 1.807) is 0 Å². The van der Waals surface area contributed by atoms with E-state index in [-0.39, 0.29) is 0 Å². The van der Waals surface area contributed by atoms with Crippen LogP contribution in [0, 0.1) is 0 Å². The van der Waals surface area contributed by atoms with Gasteiger partial charge in [-0.2, -0.15) is 0 Å². The van der Waals surface area contributed by atoms with Crippen molar-refractivity contribution in [1.29, 1.82) is 0 Å². The molecular weight excluding hydrogens is 581 g/mol. The number of aromatic nitrogens is 2. The number of rotatable bonds is 5. The van der Waals surface area contributed by atoms with Crippen LogP contribution < -0.4 is 0 Å². The van der Waals surface area contributed by atoms with E-state index in [0.717, 1.165) is 33.5 Å². The standard InChI is InChI=1S/C46H30N2/c1-3-12-33(13-4-1)40-17-9-19-42-41(40)18-10-20-43(42)45-30-44(34-14-5-2-6-15-34)47-46(48-45)38-26-23-32-22-25-37(28-39(32)29-38)36-24-21-31-11-7-8-16-35(31)27-36/h1-30H. The maximum absolute atomic E-state index is 5.26. The van der Waals surface area contributed by atoms with Crippen LogP contribution in [0.5, 0.6) is 0 Å². The van der Waals surface area contributed by atoms with Crippen LogP contribution in [0.4, 0.5) is 0 Å². The van der Waals surface area contributed by atoms with Crippen LogP contribution in [0.25, 0.3) is 88.5 Å². The van der Waals surface area contributed by atoms with Crippen LogP contribution in [0.15, 0.2) is 182 Å². The van der Waals surface area contributed by atoms with Gasteiger partial charge in [0.15, 0.2) is 5.82 Å². The summed E-state index contributed by atoms with van der Waals surface area (Å²) in [7, 11) is 0. The quantitative estimate of drug-likeness (QED) is 0.194. The molecule has 1 aromatic heterocycles. The Bertz CT molecular complexity index is 2610. The van der Waals surface area contributed by atoms with Gasteiger partial charge in [-0.05, 0) is 78.8 Å². The molecule has 9 aromatic rings. The van der Waals surface area contributed by atoms with Gasteiger partial charge >= 0.3 is 0 Å². The molecule has 0 aliphatic carbocycles. The lowest BCUT2D eigenvalue weighted by molar-refractivity contribution is 1.19. The maximum Gasteiger partial charge on any atom is 0.160 e. The van der Waals surface area contributed by atoms with E-state index in [0.29, 0.717) is 5.82 Å². The molecule has 0 N–H and O–H groups in total. The summed E-state index contributed by atoms with van der Waals surface area (Å²) in [5.74, 6) is 0.709. The molecule has 1 heterocycles. The molecule has 0 radical (unpaired) electrons. The van der Waals surface area contributed by atoms with E-state index in [4.69, 9.17) is 9.97 Å². The van der Waals surface area contributed by atoms with Crippen molar-refractivity contribution in [3.63, 3.8) is 0 Å². The molecule has 0 fully saturated rings. The third kappa shape index (κ3) is 5.10. The van der Waals surface area contributed by atoms with Crippen LogP contribution in [0.3, 0.4) is 0 Å². The largest absolute Gasteiger partial charge is 0.228 e. The first-order valence-electron chi connectivity index (χ1n) is 16.3. The fraction of sp³-hybridized carbons (Fsp3) is 0. The summed E-state index contributed by atoms with van der Waals surface area (Å²) in [6, 6.07) is 64.6. The predicted octanol–water partition coefficient (Wildman–Crippen LogP) is 12.3. The molecule has 224 valence electrons. The van der Waals surface area contributed by atoms with Gasteiger partial charge in [-0.3, -0.25) is 0 Å². The Labute approximate surface area is 279 Å². The average molecular weight is 611 g/mol.